The third-order valence-electron chi connectivity index (χ3n) is 3.74. The van der Waals surface area contributed by atoms with Gasteiger partial charge in [0.05, 0.1) is 13.0 Å². The predicted molar refractivity (Wildman–Crippen MR) is 81.7 cm³/mol. The number of rotatable bonds is 7. The van der Waals surface area contributed by atoms with Gasteiger partial charge >= 0.3 is 0 Å². The van der Waals surface area contributed by atoms with Crippen molar-refractivity contribution in [2.75, 3.05) is 26.2 Å². The van der Waals surface area contributed by atoms with Gasteiger partial charge in [-0.15, -0.1) is 0 Å². The highest BCUT2D eigenvalue weighted by Crippen LogP contribution is 2.10. The monoisotopic (exact) mass is 307 g/mol. The molecule has 22 heavy (non-hydrogen) atoms. The molecule has 1 aromatic rings. The largest absolute Gasteiger partial charge is 0.355 e. The Morgan fingerprint density at radius 2 is 2.14 bits per heavy atom. The summed E-state index contributed by atoms with van der Waals surface area (Å²) in [4.78, 5) is 23.3. The maximum absolute atomic E-state index is 13.0. The summed E-state index contributed by atoms with van der Waals surface area (Å²) in [6.45, 7) is 2.65. The summed E-state index contributed by atoms with van der Waals surface area (Å²) >= 11 is 0. The lowest BCUT2D eigenvalue weighted by Gasteiger charge is -2.10. The van der Waals surface area contributed by atoms with Crippen molar-refractivity contribution in [2.24, 2.45) is 5.92 Å². The lowest BCUT2D eigenvalue weighted by Crippen LogP contribution is -2.38. The highest BCUT2D eigenvalue weighted by Gasteiger charge is 2.14. The molecule has 0 saturated carbocycles. The number of benzene rings is 1. The summed E-state index contributed by atoms with van der Waals surface area (Å²) < 4.78 is 13.0. The van der Waals surface area contributed by atoms with E-state index in [4.69, 9.17) is 0 Å². The van der Waals surface area contributed by atoms with E-state index in [1.54, 1.807) is 12.1 Å². The Bertz CT molecular complexity index is 516. The van der Waals surface area contributed by atoms with Crippen molar-refractivity contribution in [1.82, 2.24) is 16.0 Å². The first-order chi connectivity index (χ1) is 10.6. The molecule has 5 nitrogen and oxygen atoms in total. The third kappa shape index (κ3) is 5.81. The number of halogens is 1. The van der Waals surface area contributed by atoms with E-state index in [-0.39, 0.29) is 30.6 Å². The van der Waals surface area contributed by atoms with Crippen molar-refractivity contribution in [3.8, 4) is 0 Å². The molecular formula is C16H22FN3O2. The second-order valence-electron chi connectivity index (χ2n) is 5.58. The Kier molecular flexibility index (Phi) is 6.33. The molecule has 0 aliphatic carbocycles. The van der Waals surface area contributed by atoms with Crippen LogP contribution in [-0.2, 0) is 16.0 Å². The molecule has 0 bridgehead atoms. The molecular weight excluding hydrogens is 285 g/mol. The molecule has 2 rings (SSSR count). The topological polar surface area (TPSA) is 70.2 Å². The van der Waals surface area contributed by atoms with Crippen LogP contribution in [0.2, 0.25) is 0 Å². The predicted octanol–water partition coefficient (Wildman–Crippen LogP) is 0.600. The van der Waals surface area contributed by atoms with Gasteiger partial charge in [0, 0.05) is 6.54 Å². The molecule has 2 amide bonds. The summed E-state index contributed by atoms with van der Waals surface area (Å²) in [6, 6.07) is 5.88. The molecule has 1 aromatic carbocycles. The van der Waals surface area contributed by atoms with Crippen LogP contribution in [0.15, 0.2) is 24.3 Å². The molecule has 1 heterocycles. The zero-order valence-corrected chi connectivity index (χ0v) is 12.5. The summed E-state index contributed by atoms with van der Waals surface area (Å²) in [6.07, 6.45) is 2.18. The number of carbonyl (C=O) groups excluding carboxylic acids is 2. The Morgan fingerprint density at radius 3 is 2.86 bits per heavy atom. The van der Waals surface area contributed by atoms with E-state index in [1.807, 2.05) is 0 Å². The molecule has 1 saturated heterocycles. The van der Waals surface area contributed by atoms with Crippen LogP contribution >= 0.6 is 0 Å². The van der Waals surface area contributed by atoms with E-state index < -0.39 is 0 Å². The summed E-state index contributed by atoms with van der Waals surface area (Å²) in [5, 5.41) is 8.62. The first-order valence-electron chi connectivity index (χ1n) is 7.62. The number of nitrogens with one attached hydrogen (secondary N) is 3. The molecule has 1 atom stereocenters. The van der Waals surface area contributed by atoms with Crippen LogP contribution in [0.5, 0.6) is 0 Å². The van der Waals surface area contributed by atoms with E-state index >= 15 is 0 Å². The van der Waals surface area contributed by atoms with Crippen LogP contribution in [0.1, 0.15) is 18.4 Å². The number of hydrogen-bond acceptors (Lipinski definition) is 3. The molecule has 1 fully saturated rings. The van der Waals surface area contributed by atoms with E-state index in [0.29, 0.717) is 18.0 Å². The van der Waals surface area contributed by atoms with Crippen LogP contribution in [0.25, 0.3) is 0 Å². The first kappa shape index (κ1) is 16.4. The van der Waals surface area contributed by atoms with Gasteiger partial charge in [0.2, 0.25) is 11.8 Å². The lowest BCUT2D eigenvalue weighted by molar-refractivity contribution is -0.125. The minimum Gasteiger partial charge on any atom is -0.355 e. The van der Waals surface area contributed by atoms with Gasteiger partial charge in [-0.3, -0.25) is 9.59 Å². The zero-order chi connectivity index (χ0) is 15.8. The summed E-state index contributed by atoms with van der Waals surface area (Å²) in [5.41, 5.74) is 0.589. The second kappa shape index (κ2) is 8.48. The molecule has 1 aliphatic rings. The third-order valence-corrected chi connectivity index (χ3v) is 3.74. The highest BCUT2D eigenvalue weighted by atomic mass is 19.1. The standard InChI is InChI=1S/C16H22FN3O2/c17-14-3-1-2-13(8-14)9-15(21)20-11-16(22)19-7-5-12-4-6-18-10-12/h1-3,8,12,18H,4-7,9-11H2,(H,19,22)(H,20,21). The van der Waals surface area contributed by atoms with E-state index in [1.165, 1.54) is 12.1 Å². The fraction of sp³-hybridized carbons (Fsp3) is 0.500. The second-order valence-corrected chi connectivity index (χ2v) is 5.58. The van der Waals surface area contributed by atoms with Crippen molar-refractivity contribution in [1.29, 1.82) is 0 Å². The maximum atomic E-state index is 13.0. The lowest BCUT2D eigenvalue weighted by atomic mass is 10.1. The fourth-order valence-corrected chi connectivity index (χ4v) is 2.51. The molecule has 6 heteroatoms. The Balaban J connectivity index is 1.59. The van der Waals surface area contributed by atoms with Crippen LogP contribution in [0.3, 0.4) is 0 Å². The van der Waals surface area contributed by atoms with Gasteiger partial charge in [0.25, 0.3) is 0 Å². The quantitative estimate of drug-likeness (QED) is 0.691. The van der Waals surface area contributed by atoms with Crippen LogP contribution < -0.4 is 16.0 Å². The molecule has 0 radical (unpaired) electrons. The van der Waals surface area contributed by atoms with Crippen LogP contribution in [-0.4, -0.2) is 38.0 Å². The fourth-order valence-electron chi connectivity index (χ4n) is 2.51. The Morgan fingerprint density at radius 1 is 1.27 bits per heavy atom. The van der Waals surface area contributed by atoms with Gasteiger partial charge in [-0.05, 0) is 49.5 Å². The van der Waals surface area contributed by atoms with Crippen molar-refractivity contribution < 1.29 is 14.0 Å². The highest BCUT2D eigenvalue weighted by molar-refractivity contribution is 5.85. The van der Waals surface area contributed by atoms with Gasteiger partial charge in [-0.1, -0.05) is 12.1 Å². The number of carbonyl (C=O) groups is 2. The zero-order valence-electron chi connectivity index (χ0n) is 12.5. The smallest absolute Gasteiger partial charge is 0.239 e. The number of amides is 2. The average Bonchev–Trinajstić information content (AvgIpc) is 2.98. The average molecular weight is 307 g/mol. The molecule has 120 valence electrons. The van der Waals surface area contributed by atoms with Crippen molar-refractivity contribution >= 4 is 11.8 Å². The van der Waals surface area contributed by atoms with Gasteiger partial charge in [0.15, 0.2) is 0 Å². The summed E-state index contributed by atoms with van der Waals surface area (Å²) in [7, 11) is 0. The molecule has 0 aromatic heterocycles. The molecule has 1 unspecified atom stereocenters. The molecule has 0 spiro atoms. The van der Waals surface area contributed by atoms with Gasteiger partial charge < -0.3 is 16.0 Å². The van der Waals surface area contributed by atoms with Crippen LogP contribution in [0, 0.1) is 11.7 Å². The van der Waals surface area contributed by atoms with E-state index in [0.717, 1.165) is 25.9 Å². The maximum Gasteiger partial charge on any atom is 0.239 e. The molecule has 3 N–H and O–H groups in total. The van der Waals surface area contributed by atoms with Crippen LogP contribution in [0.4, 0.5) is 4.39 Å². The van der Waals surface area contributed by atoms with E-state index in [2.05, 4.69) is 16.0 Å². The van der Waals surface area contributed by atoms with Gasteiger partial charge in [0.1, 0.15) is 5.82 Å². The van der Waals surface area contributed by atoms with Crippen molar-refractivity contribution in [3.05, 3.63) is 35.6 Å². The van der Waals surface area contributed by atoms with Crippen molar-refractivity contribution in [3.63, 3.8) is 0 Å². The van der Waals surface area contributed by atoms with Gasteiger partial charge in [-0.25, -0.2) is 4.39 Å². The summed E-state index contributed by atoms with van der Waals surface area (Å²) in [5.74, 6) is -0.230. The van der Waals surface area contributed by atoms with E-state index in [9.17, 15) is 14.0 Å². The minimum atomic E-state index is -0.371. The van der Waals surface area contributed by atoms with Gasteiger partial charge in [-0.2, -0.15) is 0 Å². The molecule has 1 aliphatic heterocycles. The SMILES string of the molecule is O=C(CNC(=O)Cc1cccc(F)c1)NCCC1CCNC1. The number of hydrogen-bond donors (Lipinski definition) is 3. The normalized spacial score (nSPS) is 17.2. The Hall–Kier alpha value is -1.95. The Labute approximate surface area is 129 Å². The first-order valence-corrected chi connectivity index (χ1v) is 7.62. The minimum absolute atomic E-state index is 0.0446. The van der Waals surface area contributed by atoms with Crippen molar-refractivity contribution in [2.45, 2.75) is 19.3 Å².